The van der Waals surface area contributed by atoms with Gasteiger partial charge >= 0.3 is 17.9 Å². The van der Waals surface area contributed by atoms with E-state index in [0.717, 1.165) is 28.3 Å². The van der Waals surface area contributed by atoms with Crippen molar-refractivity contribution in [2.45, 2.75) is 24.5 Å². The highest BCUT2D eigenvalue weighted by molar-refractivity contribution is 6.00. The zero-order chi connectivity index (χ0) is 21.0. The molecule has 1 fully saturated rings. The van der Waals surface area contributed by atoms with Crippen molar-refractivity contribution in [3.8, 4) is 0 Å². The maximum atomic E-state index is 12.9. The zero-order valence-electron chi connectivity index (χ0n) is 16.4. The summed E-state index contributed by atoms with van der Waals surface area (Å²) in [5.74, 6) is -3.35. The lowest BCUT2D eigenvalue weighted by Gasteiger charge is -2.53. The Hall–Kier alpha value is -3.25. The van der Waals surface area contributed by atoms with Crippen LogP contribution in [0.2, 0.25) is 0 Å². The van der Waals surface area contributed by atoms with Gasteiger partial charge in [0.2, 0.25) is 0 Å². The maximum Gasteiger partial charge on any atom is 0.330 e. The molecular formula is C24H20O6. The van der Waals surface area contributed by atoms with Crippen molar-refractivity contribution in [1.29, 1.82) is 0 Å². The van der Waals surface area contributed by atoms with Gasteiger partial charge in [0.05, 0.1) is 12.0 Å². The Balaban J connectivity index is 1.70. The molecular weight excluding hydrogens is 384 g/mol. The molecule has 0 spiro atoms. The summed E-state index contributed by atoms with van der Waals surface area (Å²) < 4.78 is 16.9. The summed E-state index contributed by atoms with van der Waals surface area (Å²) in [4.78, 5) is 37.2. The fraction of sp³-hybridized carbons (Fsp3) is 0.292. The third kappa shape index (κ3) is 2.37. The molecule has 3 atom stereocenters. The molecule has 4 aliphatic rings. The Bertz CT molecular complexity index is 1040. The second kappa shape index (κ2) is 6.64. The van der Waals surface area contributed by atoms with Crippen LogP contribution in [0, 0.1) is 11.8 Å². The fourth-order valence-electron chi connectivity index (χ4n) is 5.32. The minimum atomic E-state index is -1.20. The van der Waals surface area contributed by atoms with Crippen molar-refractivity contribution in [3.05, 3.63) is 83.4 Å². The molecule has 0 N–H and O–H groups in total. The molecule has 0 radical (unpaired) electrons. The molecule has 3 aliphatic carbocycles. The number of rotatable bonds is 5. The lowest BCUT2D eigenvalue weighted by molar-refractivity contribution is -0.169. The van der Waals surface area contributed by atoms with Crippen molar-refractivity contribution in [1.82, 2.24) is 0 Å². The molecule has 0 amide bonds. The number of hydrogen-bond donors (Lipinski definition) is 0. The van der Waals surface area contributed by atoms with Crippen LogP contribution in [-0.4, -0.2) is 30.6 Å². The van der Waals surface area contributed by atoms with Crippen LogP contribution >= 0.6 is 0 Å². The summed E-state index contributed by atoms with van der Waals surface area (Å²) >= 11 is 0. The van der Waals surface area contributed by atoms with Crippen LogP contribution in [0.3, 0.4) is 0 Å². The van der Waals surface area contributed by atoms with Crippen LogP contribution in [-0.2, 0) is 34.2 Å². The Morgan fingerprint density at radius 1 is 1.10 bits per heavy atom. The molecule has 30 heavy (non-hydrogen) atoms. The summed E-state index contributed by atoms with van der Waals surface area (Å²) in [6.45, 7) is 5.16. The highest BCUT2D eigenvalue weighted by atomic mass is 16.6. The smallest absolute Gasteiger partial charge is 0.330 e. The Labute approximate surface area is 173 Å². The highest BCUT2D eigenvalue weighted by Gasteiger charge is 2.68. The van der Waals surface area contributed by atoms with E-state index in [4.69, 9.17) is 14.2 Å². The molecule has 6 nitrogen and oxygen atoms in total. The van der Waals surface area contributed by atoms with Gasteiger partial charge in [-0.2, -0.15) is 0 Å². The van der Waals surface area contributed by atoms with Crippen molar-refractivity contribution in [3.63, 3.8) is 0 Å². The lowest BCUT2D eigenvalue weighted by atomic mass is 9.52. The van der Waals surface area contributed by atoms with E-state index in [9.17, 15) is 14.4 Å². The summed E-state index contributed by atoms with van der Waals surface area (Å²) in [5.41, 5.74) is 2.42. The molecule has 1 aliphatic heterocycles. The van der Waals surface area contributed by atoms with E-state index in [2.05, 4.69) is 6.58 Å². The van der Waals surface area contributed by atoms with Crippen molar-refractivity contribution in [2.24, 2.45) is 11.8 Å². The van der Waals surface area contributed by atoms with Gasteiger partial charge in [-0.15, -0.1) is 0 Å². The zero-order valence-corrected chi connectivity index (χ0v) is 16.4. The quantitative estimate of drug-likeness (QED) is 0.433. The van der Waals surface area contributed by atoms with E-state index in [0.29, 0.717) is 0 Å². The minimum Gasteiger partial charge on any atom is -0.460 e. The normalized spacial score (nSPS) is 28.8. The molecule has 3 unspecified atom stereocenters. The topological polar surface area (TPSA) is 78.9 Å². The van der Waals surface area contributed by atoms with E-state index in [1.807, 2.05) is 48.5 Å². The monoisotopic (exact) mass is 404 g/mol. The van der Waals surface area contributed by atoms with Crippen LogP contribution in [0.25, 0.3) is 0 Å². The van der Waals surface area contributed by atoms with E-state index in [1.165, 1.54) is 0 Å². The standard InChI is InChI=1S/C24H20O6/c1-3-18(25)28-12-13(2)30-24-16-10-6-4-8-14(16)19(15-9-5-7-11-17(15)24)20-21(24)23(27)29-22(20)26/h3-11,13,19-21H,1,12H2,2H3. The summed E-state index contributed by atoms with van der Waals surface area (Å²) in [6, 6.07) is 15.5. The molecule has 0 saturated carbocycles. The first-order valence-corrected chi connectivity index (χ1v) is 9.90. The molecule has 0 aromatic heterocycles. The van der Waals surface area contributed by atoms with Gasteiger partial charge in [0.15, 0.2) is 0 Å². The average Bonchev–Trinajstić information content (AvgIpc) is 3.07. The van der Waals surface area contributed by atoms with Crippen molar-refractivity contribution >= 4 is 17.9 Å². The Kier molecular flexibility index (Phi) is 4.15. The van der Waals surface area contributed by atoms with Crippen LogP contribution in [0.1, 0.15) is 35.1 Å². The van der Waals surface area contributed by atoms with Crippen molar-refractivity contribution in [2.75, 3.05) is 6.61 Å². The number of hydrogen-bond acceptors (Lipinski definition) is 6. The Morgan fingerprint density at radius 3 is 2.30 bits per heavy atom. The Morgan fingerprint density at radius 2 is 1.70 bits per heavy atom. The average molecular weight is 404 g/mol. The summed E-state index contributed by atoms with van der Waals surface area (Å²) in [6.07, 6.45) is 0.540. The number of carbonyl (C=O) groups is 3. The molecule has 2 bridgehead atoms. The minimum absolute atomic E-state index is 0.0131. The van der Waals surface area contributed by atoms with Gasteiger partial charge in [-0.25, -0.2) is 4.79 Å². The second-order valence-electron chi connectivity index (χ2n) is 7.89. The van der Waals surface area contributed by atoms with Gasteiger partial charge in [0.25, 0.3) is 0 Å². The first-order chi connectivity index (χ1) is 14.5. The van der Waals surface area contributed by atoms with Crippen LogP contribution in [0.5, 0.6) is 0 Å². The number of esters is 3. The largest absolute Gasteiger partial charge is 0.460 e. The van der Waals surface area contributed by atoms with E-state index in [-0.39, 0.29) is 12.5 Å². The van der Waals surface area contributed by atoms with Gasteiger partial charge < -0.3 is 14.2 Å². The SMILES string of the molecule is C=CC(=O)OCC(C)OC12c3ccccc3C(c3ccccc31)C1C(=O)OC(=O)C12. The third-order valence-electron chi connectivity index (χ3n) is 6.29. The van der Waals surface area contributed by atoms with Gasteiger partial charge in [-0.3, -0.25) is 9.59 Å². The number of cyclic esters (lactones) is 2. The maximum absolute atomic E-state index is 12.9. The number of ether oxygens (including phenoxy) is 3. The molecule has 1 saturated heterocycles. The molecule has 6 rings (SSSR count). The summed E-state index contributed by atoms with van der Waals surface area (Å²) in [7, 11) is 0. The van der Waals surface area contributed by atoms with Crippen LogP contribution in [0.4, 0.5) is 0 Å². The second-order valence-corrected chi connectivity index (χ2v) is 7.89. The first kappa shape index (κ1) is 18.8. The number of benzene rings is 2. The van der Waals surface area contributed by atoms with Crippen LogP contribution < -0.4 is 0 Å². The molecule has 6 heteroatoms. The predicted octanol–water partition coefficient (Wildman–Crippen LogP) is 2.84. The third-order valence-corrected chi connectivity index (χ3v) is 6.29. The highest BCUT2D eigenvalue weighted by Crippen LogP contribution is 2.64. The fourth-order valence-corrected chi connectivity index (χ4v) is 5.32. The first-order valence-electron chi connectivity index (χ1n) is 9.90. The van der Waals surface area contributed by atoms with E-state index in [1.54, 1.807) is 6.92 Å². The summed E-state index contributed by atoms with van der Waals surface area (Å²) in [5, 5.41) is 0. The molecule has 1 heterocycles. The molecule has 2 aromatic rings. The van der Waals surface area contributed by atoms with Gasteiger partial charge in [0.1, 0.15) is 18.1 Å². The molecule has 152 valence electrons. The lowest BCUT2D eigenvalue weighted by Crippen LogP contribution is -2.56. The van der Waals surface area contributed by atoms with Crippen LogP contribution in [0.15, 0.2) is 61.2 Å². The molecule has 2 aromatic carbocycles. The van der Waals surface area contributed by atoms with E-state index < -0.39 is 41.4 Å². The van der Waals surface area contributed by atoms with Gasteiger partial charge in [0, 0.05) is 12.0 Å². The van der Waals surface area contributed by atoms with E-state index >= 15 is 0 Å². The van der Waals surface area contributed by atoms with Crippen molar-refractivity contribution < 1.29 is 28.6 Å². The number of carbonyl (C=O) groups excluding carboxylic acids is 3. The van der Waals surface area contributed by atoms with Gasteiger partial charge in [-0.05, 0) is 29.2 Å². The predicted molar refractivity (Wildman–Crippen MR) is 105 cm³/mol. The van der Waals surface area contributed by atoms with Gasteiger partial charge in [-0.1, -0.05) is 55.1 Å².